The summed E-state index contributed by atoms with van der Waals surface area (Å²) in [5, 5.41) is 7.78. The van der Waals surface area contributed by atoms with Crippen LogP contribution in [0, 0.1) is 5.82 Å². The van der Waals surface area contributed by atoms with Crippen molar-refractivity contribution in [3.63, 3.8) is 0 Å². The van der Waals surface area contributed by atoms with Gasteiger partial charge < -0.3 is 10.5 Å². The molecular formula is C27H29F2N7O3S. The van der Waals surface area contributed by atoms with Crippen LogP contribution in [0.25, 0.3) is 44.6 Å². The zero-order chi connectivity index (χ0) is 28.7. The Morgan fingerprint density at radius 1 is 1.00 bits per heavy atom. The minimum Gasteiger partial charge on any atom is -0.382 e. The lowest BCUT2D eigenvalue weighted by Gasteiger charge is -2.12. The van der Waals surface area contributed by atoms with Gasteiger partial charge in [0.1, 0.15) is 5.52 Å². The van der Waals surface area contributed by atoms with Crippen LogP contribution in [0.5, 0.6) is 0 Å². The molecule has 0 fully saturated rings. The maximum absolute atomic E-state index is 15.2. The second-order valence-electron chi connectivity index (χ2n) is 8.55. The van der Waals surface area contributed by atoms with Crippen LogP contribution in [-0.4, -0.2) is 59.2 Å². The molecule has 0 aliphatic carbocycles. The molecular weight excluding hydrogens is 540 g/mol. The van der Waals surface area contributed by atoms with Crippen molar-refractivity contribution in [2.45, 2.75) is 20.3 Å². The normalized spacial score (nSPS) is 11.4. The fraction of sp³-hybridized carbons (Fsp3) is 0.259. The number of nitrogens with one attached hydrogen (secondary N) is 2. The van der Waals surface area contributed by atoms with Crippen molar-refractivity contribution < 1.29 is 21.9 Å². The molecule has 2 aromatic carbocycles. The Morgan fingerprint density at radius 2 is 1.75 bits per heavy atom. The number of nitrogens with zero attached hydrogens (tertiary/aromatic N) is 4. The maximum Gasteiger partial charge on any atom is 0.232 e. The Hall–Kier alpha value is -4.23. The summed E-state index contributed by atoms with van der Waals surface area (Å²) in [5.74, 6) is -0.765. The van der Waals surface area contributed by atoms with Crippen LogP contribution >= 0.6 is 0 Å². The molecule has 3 aromatic heterocycles. The summed E-state index contributed by atoms with van der Waals surface area (Å²) in [4.78, 5) is 13.4. The van der Waals surface area contributed by atoms with E-state index in [1.807, 2.05) is 32.0 Å². The highest BCUT2D eigenvalue weighted by atomic mass is 32.2. The quantitative estimate of drug-likeness (QED) is 0.222. The van der Waals surface area contributed by atoms with Gasteiger partial charge in [-0.1, -0.05) is 18.2 Å². The number of sulfonamides is 1. The van der Waals surface area contributed by atoms with Crippen molar-refractivity contribution in [1.82, 2.24) is 25.1 Å². The third-order valence-corrected chi connectivity index (χ3v) is 7.15. The number of anilines is 2. The first-order valence-corrected chi connectivity index (χ1v) is 14.2. The highest BCUT2D eigenvalue weighted by Crippen LogP contribution is 2.31. The number of benzene rings is 2. The smallest absolute Gasteiger partial charge is 0.232 e. The Labute approximate surface area is 230 Å². The second kappa shape index (κ2) is 12.7. The van der Waals surface area contributed by atoms with Gasteiger partial charge in [0.25, 0.3) is 0 Å². The fourth-order valence-corrected chi connectivity index (χ4v) is 5.03. The third kappa shape index (κ3) is 6.49. The molecule has 0 saturated carbocycles. The molecule has 0 atom stereocenters. The first kappa shape index (κ1) is 28.8. The number of halogens is 2. The van der Waals surface area contributed by atoms with Gasteiger partial charge in [0.2, 0.25) is 10.0 Å². The van der Waals surface area contributed by atoms with E-state index >= 15 is 4.39 Å². The molecule has 0 bridgehead atoms. The van der Waals surface area contributed by atoms with Gasteiger partial charge in [-0.05, 0) is 50.6 Å². The Morgan fingerprint density at radius 3 is 2.48 bits per heavy atom. The zero-order valence-corrected chi connectivity index (χ0v) is 22.8. The standard InChI is InChI=1S/C23H19F2N7O2S.C4H10O/c24-10-3-11-35(33,34)32-18-7-2-5-14(20(18)25)16-8-9-19-21(28-16)22(26)30-23(29-19)13-4-1-6-17-15(13)12-27-31-17;1-3-5-4-2/h1-2,4-9,12,32H,3,10-11H2,(H,27,31)(H2,26,29,30);3-4H2,1-2H3. The number of nitrogen functional groups attached to an aromatic ring is 1. The van der Waals surface area contributed by atoms with E-state index in [1.54, 1.807) is 18.3 Å². The molecule has 0 aliphatic rings. The Balaban J connectivity index is 0.000000681. The fourth-order valence-electron chi connectivity index (χ4n) is 3.95. The predicted octanol–water partition coefficient (Wildman–Crippen LogP) is 5.10. The number of fused-ring (bicyclic) bond motifs is 2. The molecule has 0 spiro atoms. The lowest BCUT2D eigenvalue weighted by molar-refractivity contribution is 0.162. The molecule has 0 saturated heterocycles. The van der Waals surface area contributed by atoms with E-state index in [1.165, 1.54) is 18.2 Å². The van der Waals surface area contributed by atoms with E-state index in [-0.39, 0.29) is 34.7 Å². The number of pyridine rings is 1. The number of aromatic nitrogens is 5. The predicted molar refractivity (Wildman–Crippen MR) is 152 cm³/mol. The van der Waals surface area contributed by atoms with E-state index in [0.29, 0.717) is 11.3 Å². The zero-order valence-electron chi connectivity index (χ0n) is 22.0. The molecule has 4 N–H and O–H groups in total. The first-order chi connectivity index (χ1) is 19.3. The van der Waals surface area contributed by atoms with Crippen molar-refractivity contribution in [1.29, 1.82) is 0 Å². The van der Waals surface area contributed by atoms with Crippen LogP contribution in [0.2, 0.25) is 0 Å². The van der Waals surface area contributed by atoms with Crippen molar-refractivity contribution >= 4 is 43.5 Å². The molecule has 5 aromatic rings. The first-order valence-electron chi connectivity index (χ1n) is 12.6. The molecule has 3 heterocycles. The summed E-state index contributed by atoms with van der Waals surface area (Å²) in [6.45, 7) is 4.88. The van der Waals surface area contributed by atoms with E-state index in [0.717, 1.165) is 29.7 Å². The topological polar surface area (TPSA) is 149 Å². The number of hydrogen-bond acceptors (Lipinski definition) is 8. The molecule has 5 rings (SSSR count). The molecule has 0 unspecified atom stereocenters. The third-order valence-electron chi connectivity index (χ3n) is 5.79. The van der Waals surface area contributed by atoms with Crippen molar-refractivity contribution in [2.75, 3.05) is 36.1 Å². The van der Waals surface area contributed by atoms with Crippen LogP contribution in [0.3, 0.4) is 0 Å². The molecule has 10 nitrogen and oxygen atoms in total. The van der Waals surface area contributed by atoms with E-state index in [2.05, 4.69) is 29.9 Å². The highest BCUT2D eigenvalue weighted by Gasteiger charge is 2.18. The van der Waals surface area contributed by atoms with E-state index < -0.39 is 28.3 Å². The number of aromatic amines is 1. The second-order valence-corrected chi connectivity index (χ2v) is 10.4. The van der Waals surface area contributed by atoms with Crippen LogP contribution in [0.15, 0.2) is 54.7 Å². The van der Waals surface area contributed by atoms with Crippen LogP contribution in [0.1, 0.15) is 20.3 Å². The summed E-state index contributed by atoms with van der Waals surface area (Å²) in [6, 6.07) is 13.0. The van der Waals surface area contributed by atoms with Gasteiger partial charge in [-0.3, -0.25) is 14.2 Å². The summed E-state index contributed by atoms with van der Waals surface area (Å²) in [7, 11) is -3.90. The van der Waals surface area contributed by atoms with Gasteiger partial charge in [0.15, 0.2) is 17.5 Å². The minimum atomic E-state index is -3.90. The van der Waals surface area contributed by atoms with Crippen LogP contribution in [0.4, 0.5) is 20.3 Å². The van der Waals surface area contributed by atoms with Crippen molar-refractivity contribution in [3.8, 4) is 22.6 Å². The summed E-state index contributed by atoms with van der Waals surface area (Å²) >= 11 is 0. The van der Waals surface area contributed by atoms with Gasteiger partial charge in [0, 0.05) is 29.7 Å². The van der Waals surface area contributed by atoms with Gasteiger partial charge in [-0.2, -0.15) is 5.10 Å². The molecule has 0 amide bonds. The number of nitrogens with two attached hydrogens (primary N) is 1. The number of alkyl halides is 1. The highest BCUT2D eigenvalue weighted by molar-refractivity contribution is 7.92. The number of H-pyrrole nitrogens is 1. The summed E-state index contributed by atoms with van der Waals surface area (Å²) in [5.41, 5.74) is 8.54. The van der Waals surface area contributed by atoms with Gasteiger partial charge in [0.05, 0.1) is 41.0 Å². The summed E-state index contributed by atoms with van der Waals surface area (Å²) in [6.07, 6.45) is 1.50. The van der Waals surface area contributed by atoms with Crippen LogP contribution < -0.4 is 10.5 Å². The van der Waals surface area contributed by atoms with Gasteiger partial charge >= 0.3 is 0 Å². The number of rotatable bonds is 9. The monoisotopic (exact) mass is 569 g/mol. The molecule has 0 aliphatic heterocycles. The largest absolute Gasteiger partial charge is 0.382 e. The summed E-state index contributed by atoms with van der Waals surface area (Å²) < 4.78 is 58.7. The Kier molecular flexibility index (Phi) is 9.17. The number of ether oxygens (including phenoxy) is 1. The molecule has 40 heavy (non-hydrogen) atoms. The van der Waals surface area contributed by atoms with Crippen LogP contribution in [-0.2, 0) is 14.8 Å². The van der Waals surface area contributed by atoms with E-state index in [4.69, 9.17) is 10.5 Å². The average molecular weight is 570 g/mol. The minimum absolute atomic E-state index is 0.0595. The SMILES string of the molecule is CCOCC.Nc1nc(-c2cccc3[nH]ncc23)nc2ccc(-c3cccc(NS(=O)(=O)CCCF)c3F)nc12. The van der Waals surface area contributed by atoms with Crippen molar-refractivity contribution in [3.05, 3.63) is 60.5 Å². The lowest BCUT2D eigenvalue weighted by atomic mass is 10.1. The molecule has 13 heteroatoms. The van der Waals surface area contributed by atoms with Gasteiger partial charge in [-0.15, -0.1) is 0 Å². The molecule has 0 radical (unpaired) electrons. The maximum atomic E-state index is 15.2. The lowest BCUT2D eigenvalue weighted by Crippen LogP contribution is -2.18. The van der Waals surface area contributed by atoms with E-state index in [9.17, 15) is 12.8 Å². The molecule has 210 valence electrons. The van der Waals surface area contributed by atoms with Crippen molar-refractivity contribution in [2.24, 2.45) is 0 Å². The Bertz CT molecular complexity index is 1730. The van der Waals surface area contributed by atoms with Gasteiger partial charge in [-0.25, -0.2) is 27.8 Å². The number of hydrogen-bond donors (Lipinski definition) is 3. The average Bonchev–Trinajstić information content (AvgIpc) is 3.43.